The van der Waals surface area contributed by atoms with Gasteiger partial charge in [0.1, 0.15) is 5.15 Å². The van der Waals surface area contributed by atoms with Gasteiger partial charge in [0, 0.05) is 18.2 Å². The molecule has 2 rings (SSSR count). The van der Waals surface area contributed by atoms with Crippen LogP contribution in [-0.2, 0) is 6.54 Å². The second-order valence-electron chi connectivity index (χ2n) is 4.26. The van der Waals surface area contributed by atoms with Gasteiger partial charge in [-0.1, -0.05) is 30.9 Å². The molecule has 1 saturated carbocycles. The Hall–Kier alpha value is -0.600. The van der Waals surface area contributed by atoms with Gasteiger partial charge in [0.05, 0.1) is 0 Å². The molecule has 1 aliphatic carbocycles. The summed E-state index contributed by atoms with van der Waals surface area (Å²) in [5.41, 5.74) is 7.87. The predicted octanol–water partition coefficient (Wildman–Crippen LogP) is 3.24. The van der Waals surface area contributed by atoms with E-state index in [1.54, 1.807) is 0 Å². The highest BCUT2D eigenvalue weighted by atomic mass is 35.5. The molecule has 0 spiro atoms. The lowest BCUT2D eigenvalue weighted by Crippen LogP contribution is -2.08. The zero-order valence-corrected chi connectivity index (χ0v) is 9.63. The summed E-state index contributed by atoms with van der Waals surface area (Å²) in [6, 6.07) is 3.97. The maximum Gasteiger partial charge on any atom is 0.129 e. The maximum absolute atomic E-state index is 5.98. The lowest BCUT2D eigenvalue weighted by atomic mass is 9.86. The van der Waals surface area contributed by atoms with Crippen molar-refractivity contribution in [2.45, 2.75) is 44.6 Å². The number of hydrogen-bond donors (Lipinski definition) is 1. The molecule has 1 heterocycles. The molecule has 0 aliphatic heterocycles. The highest BCUT2D eigenvalue weighted by Gasteiger charge is 2.17. The smallest absolute Gasteiger partial charge is 0.129 e. The minimum Gasteiger partial charge on any atom is -0.326 e. The number of nitrogens with zero attached hydrogens (tertiary/aromatic N) is 1. The van der Waals surface area contributed by atoms with Crippen molar-refractivity contribution < 1.29 is 0 Å². The van der Waals surface area contributed by atoms with Crippen LogP contribution in [0.2, 0.25) is 5.15 Å². The topological polar surface area (TPSA) is 38.9 Å². The fourth-order valence-corrected chi connectivity index (χ4v) is 2.54. The van der Waals surface area contributed by atoms with E-state index in [-0.39, 0.29) is 0 Å². The van der Waals surface area contributed by atoms with Crippen LogP contribution in [0, 0.1) is 0 Å². The lowest BCUT2D eigenvalue weighted by molar-refractivity contribution is 0.436. The molecule has 1 aromatic rings. The standard InChI is InChI=1S/C12H17ClN2/c13-12-7-9(8-14)6-11(15-12)10-4-2-1-3-5-10/h6-7,10H,1-5,8,14H2. The van der Waals surface area contributed by atoms with E-state index in [1.165, 1.54) is 32.1 Å². The van der Waals surface area contributed by atoms with Crippen LogP contribution in [0.5, 0.6) is 0 Å². The van der Waals surface area contributed by atoms with Crippen molar-refractivity contribution in [3.8, 4) is 0 Å². The molecule has 0 radical (unpaired) electrons. The van der Waals surface area contributed by atoms with Gasteiger partial charge in [0.15, 0.2) is 0 Å². The molecule has 0 aromatic carbocycles. The van der Waals surface area contributed by atoms with Gasteiger partial charge in [0.25, 0.3) is 0 Å². The van der Waals surface area contributed by atoms with Crippen LogP contribution in [0.25, 0.3) is 0 Å². The lowest BCUT2D eigenvalue weighted by Gasteiger charge is -2.21. The average Bonchev–Trinajstić information content (AvgIpc) is 2.29. The van der Waals surface area contributed by atoms with Gasteiger partial charge in [-0.2, -0.15) is 0 Å². The van der Waals surface area contributed by atoms with E-state index in [1.807, 2.05) is 6.07 Å². The fourth-order valence-electron chi connectivity index (χ4n) is 2.30. The molecule has 2 N–H and O–H groups in total. The van der Waals surface area contributed by atoms with E-state index in [0.29, 0.717) is 17.6 Å². The van der Waals surface area contributed by atoms with Crippen LogP contribution < -0.4 is 5.73 Å². The summed E-state index contributed by atoms with van der Waals surface area (Å²) in [4.78, 5) is 4.42. The third-order valence-corrected chi connectivity index (χ3v) is 3.33. The summed E-state index contributed by atoms with van der Waals surface area (Å²) in [7, 11) is 0. The van der Waals surface area contributed by atoms with Gasteiger partial charge >= 0.3 is 0 Å². The van der Waals surface area contributed by atoms with Crippen molar-refractivity contribution >= 4 is 11.6 Å². The van der Waals surface area contributed by atoms with Gasteiger partial charge in [-0.25, -0.2) is 4.98 Å². The SMILES string of the molecule is NCc1cc(Cl)nc(C2CCCCC2)c1. The van der Waals surface area contributed by atoms with E-state index < -0.39 is 0 Å². The second-order valence-corrected chi connectivity index (χ2v) is 4.65. The van der Waals surface area contributed by atoms with E-state index in [4.69, 9.17) is 17.3 Å². The van der Waals surface area contributed by atoms with Crippen molar-refractivity contribution in [2.75, 3.05) is 0 Å². The third kappa shape index (κ3) is 2.70. The molecule has 1 fully saturated rings. The van der Waals surface area contributed by atoms with Crippen LogP contribution in [0.15, 0.2) is 12.1 Å². The number of halogens is 1. The molecule has 0 amide bonds. The molecule has 0 atom stereocenters. The Morgan fingerprint density at radius 3 is 2.67 bits per heavy atom. The first-order chi connectivity index (χ1) is 7.29. The first kappa shape index (κ1) is 10.9. The van der Waals surface area contributed by atoms with Crippen LogP contribution in [0.1, 0.15) is 49.3 Å². The van der Waals surface area contributed by atoms with Gasteiger partial charge in [-0.15, -0.1) is 0 Å². The van der Waals surface area contributed by atoms with E-state index in [2.05, 4.69) is 11.1 Å². The molecular weight excluding hydrogens is 208 g/mol. The largest absolute Gasteiger partial charge is 0.326 e. The molecule has 0 bridgehead atoms. The van der Waals surface area contributed by atoms with E-state index >= 15 is 0 Å². The Morgan fingerprint density at radius 1 is 1.27 bits per heavy atom. The summed E-state index contributed by atoms with van der Waals surface area (Å²) in [5, 5.41) is 0.582. The van der Waals surface area contributed by atoms with Crippen molar-refractivity contribution in [1.82, 2.24) is 4.98 Å². The van der Waals surface area contributed by atoms with Gasteiger partial charge < -0.3 is 5.73 Å². The molecule has 1 aliphatic rings. The minimum atomic E-state index is 0.544. The van der Waals surface area contributed by atoms with Crippen LogP contribution in [-0.4, -0.2) is 4.98 Å². The Balaban J connectivity index is 2.22. The predicted molar refractivity (Wildman–Crippen MR) is 63.0 cm³/mol. The second kappa shape index (κ2) is 4.95. The van der Waals surface area contributed by atoms with Crippen LogP contribution in [0.3, 0.4) is 0 Å². The number of rotatable bonds is 2. The van der Waals surface area contributed by atoms with Gasteiger partial charge in [-0.05, 0) is 30.5 Å². The molecular formula is C12H17ClN2. The Morgan fingerprint density at radius 2 is 2.00 bits per heavy atom. The molecule has 82 valence electrons. The number of hydrogen-bond acceptors (Lipinski definition) is 2. The summed E-state index contributed by atoms with van der Waals surface area (Å²) < 4.78 is 0. The minimum absolute atomic E-state index is 0.544. The summed E-state index contributed by atoms with van der Waals surface area (Å²) in [6.07, 6.45) is 6.49. The Labute approximate surface area is 95.8 Å². The zero-order valence-electron chi connectivity index (χ0n) is 8.88. The molecule has 3 heteroatoms. The van der Waals surface area contributed by atoms with Crippen molar-refractivity contribution in [2.24, 2.45) is 5.73 Å². The number of nitrogens with two attached hydrogens (primary N) is 1. The molecule has 0 unspecified atom stereocenters. The number of aromatic nitrogens is 1. The third-order valence-electron chi connectivity index (χ3n) is 3.13. The highest BCUT2D eigenvalue weighted by Crippen LogP contribution is 2.32. The normalized spacial score (nSPS) is 18.0. The van der Waals surface area contributed by atoms with Crippen molar-refractivity contribution in [3.05, 3.63) is 28.5 Å². The first-order valence-corrected chi connectivity index (χ1v) is 6.04. The van der Waals surface area contributed by atoms with E-state index in [9.17, 15) is 0 Å². The quantitative estimate of drug-likeness (QED) is 0.784. The highest BCUT2D eigenvalue weighted by molar-refractivity contribution is 6.29. The summed E-state index contributed by atoms with van der Waals surface area (Å²) >= 11 is 5.98. The maximum atomic E-state index is 5.98. The first-order valence-electron chi connectivity index (χ1n) is 5.66. The molecule has 1 aromatic heterocycles. The fraction of sp³-hybridized carbons (Fsp3) is 0.583. The van der Waals surface area contributed by atoms with Crippen LogP contribution >= 0.6 is 11.6 Å². The van der Waals surface area contributed by atoms with Crippen molar-refractivity contribution in [3.63, 3.8) is 0 Å². The molecule has 0 saturated heterocycles. The van der Waals surface area contributed by atoms with Gasteiger partial charge in [-0.3, -0.25) is 0 Å². The monoisotopic (exact) mass is 224 g/mol. The molecule has 2 nitrogen and oxygen atoms in total. The zero-order chi connectivity index (χ0) is 10.7. The Bertz CT molecular complexity index is 332. The van der Waals surface area contributed by atoms with E-state index in [0.717, 1.165) is 11.3 Å². The Kier molecular flexibility index (Phi) is 3.60. The van der Waals surface area contributed by atoms with Gasteiger partial charge in [0.2, 0.25) is 0 Å². The van der Waals surface area contributed by atoms with Crippen molar-refractivity contribution in [1.29, 1.82) is 0 Å². The summed E-state index contributed by atoms with van der Waals surface area (Å²) in [5.74, 6) is 0.600. The summed E-state index contributed by atoms with van der Waals surface area (Å²) in [6.45, 7) is 0.544. The van der Waals surface area contributed by atoms with Crippen LogP contribution in [0.4, 0.5) is 0 Å². The molecule has 15 heavy (non-hydrogen) atoms. The number of pyridine rings is 1. The average molecular weight is 225 g/mol.